The number of carbonyl (C=O) groups is 1. The highest BCUT2D eigenvalue weighted by Crippen LogP contribution is 2.08. The second kappa shape index (κ2) is 12.9. The van der Waals surface area contributed by atoms with Crippen LogP contribution in [-0.4, -0.2) is 19.0 Å². The average molecular weight is 278 g/mol. The van der Waals surface area contributed by atoms with Gasteiger partial charge in [0, 0.05) is 25.2 Å². The normalized spacial score (nSPS) is 9.80. The Morgan fingerprint density at radius 1 is 0.900 bits per heavy atom. The summed E-state index contributed by atoms with van der Waals surface area (Å²) in [6.45, 7) is 10.2. The van der Waals surface area contributed by atoms with E-state index in [2.05, 4.69) is 20.8 Å². The smallest absolute Gasteiger partial charge is 0.162 e. The Morgan fingerprint density at radius 3 is 1.85 bits per heavy atom. The average Bonchev–Trinajstić information content (AvgIpc) is 2.49. The lowest BCUT2D eigenvalue weighted by Gasteiger charge is -2.00. The summed E-state index contributed by atoms with van der Waals surface area (Å²) in [5.41, 5.74) is 2.13. The van der Waals surface area contributed by atoms with E-state index in [0.29, 0.717) is 6.42 Å². The zero-order chi connectivity index (χ0) is 15.2. The van der Waals surface area contributed by atoms with Gasteiger partial charge in [0.05, 0.1) is 0 Å². The molecular formula is C18H30O2. The molecule has 2 nitrogen and oxygen atoms in total. The summed E-state index contributed by atoms with van der Waals surface area (Å²) < 4.78 is 5.13. The third-order valence-electron chi connectivity index (χ3n) is 2.86. The Kier molecular flexibility index (Phi) is 12.1. The highest BCUT2D eigenvalue weighted by Gasteiger charge is 2.02. The fourth-order valence-corrected chi connectivity index (χ4v) is 1.69. The fraction of sp³-hybridized carbons (Fsp3) is 0.611. The van der Waals surface area contributed by atoms with Gasteiger partial charge < -0.3 is 4.74 Å². The maximum Gasteiger partial charge on any atom is 0.162 e. The molecule has 114 valence electrons. The summed E-state index contributed by atoms with van der Waals surface area (Å²) in [4.78, 5) is 11.4. The SMILES string of the molecule is CCCC(=O)c1ccc(CC)cc1.CCCOCCC. The summed E-state index contributed by atoms with van der Waals surface area (Å²) in [7, 11) is 0. The van der Waals surface area contributed by atoms with E-state index in [9.17, 15) is 4.79 Å². The van der Waals surface area contributed by atoms with E-state index in [4.69, 9.17) is 4.74 Å². The van der Waals surface area contributed by atoms with Crippen molar-refractivity contribution in [2.24, 2.45) is 0 Å². The number of ether oxygens (including phenoxy) is 1. The van der Waals surface area contributed by atoms with Crippen LogP contribution in [0.2, 0.25) is 0 Å². The highest BCUT2D eigenvalue weighted by atomic mass is 16.5. The molecule has 0 unspecified atom stereocenters. The largest absolute Gasteiger partial charge is 0.381 e. The second-order valence-electron chi connectivity index (χ2n) is 4.84. The van der Waals surface area contributed by atoms with E-state index >= 15 is 0 Å². The third kappa shape index (κ3) is 8.87. The molecule has 0 spiro atoms. The van der Waals surface area contributed by atoms with Gasteiger partial charge in [-0.15, -0.1) is 0 Å². The monoisotopic (exact) mass is 278 g/mol. The van der Waals surface area contributed by atoms with Crippen molar-refractivity contribution in [1.82, 2.24) is 0 Å². The lowest BCUT2D eigenvalue weighted by atomic mass is 10.0. The molecule has 0 heterocycles. The predicted octanol–water partition coefficient (Wildman–Crippen LogP) is 5.05. The van der Waals surface area contributed by atoms with Crippen molar-refractivity contribution in [3.8, 4) is 0 Å². The molecule has 1 aromatic carbocycles. The molecule has 0 aliphatic heterocycles. The van der Waals surface area contributed by atoms with Gasteiger partial charge in [0.1, 0.15) is 0 Å². The first-order valence-electron chi connectivity index (χ1n) is 7.89. The zero-order valence-corrected chi connectivity index (χ0v) is 13.6. The van der Waals surface area contributed by atoms with Crippen LogP contribution in [0.5, 0.6) is 0 Å². The molecule has 2 heteroatoms. The molecule has 0 amide bonds. The van der Waals surface area contributed by atoms with Crippen molar-refractivity contribution in [3.63, 3.8) is 0 Å². The number of hydrogen-bond donors (Lipinski definition) is 0. The van der Waals surface area contributed by atoms with Crippen molar-refractivity contribution in [2.45, 2.75) is 59.8 Å². The van der Waals surface area contributed by atoms with Gasteiger partial charge in [-0.25, -0.2) is 0 Å². The van der Waals surface area contributed by atoms with Gasteiger partial charge in [-0.3, -0.25) is 4.79 Å². The maximum atomic E-state index is 11.4. The summed E-state index contributed by atoms with van der Waals surface area (Å²) in [6, 6.07) is 7.92. The van der Waals surface area contributed by atoms with Crippen LogP contribution in [0.15, 0.2) is 24.3 Å². The number of ketones is 1. The molecule has 0 radical (unpaired) electrons. The van der Waals surface area contributed by atoms with E-state index < -0.39 is 0 Å². The van der Waals surface area contributed by atoms with E-state index in [-0.39, 0.29) is 5.78 Å². The molecular weight excluding hydrogens is 248 g/mol. The van der Waals surface area contributed by atoms with Crippen molar-refractivity contribution in [1.29, 1.82) is 0 Å². The Balaban J connectivity index is 0.000000441. The topological polar surface area (TPSA) is 26.3 Å². The Labute approximate surface area is 124 Å². The van der Waals surface area contributed by atoms with Crippen molar-refractivity contribution in [2.75, 3.05) is 13.2 Å². The van der Waals surface area contributed by atoms with Crippen LogP contribution in [-0.2, 0) is 11.2 Å². The van der Waals surface area contributed by atoms with Gasteiger partial charge >= 0.3 is 0 Å². The molecule has 1 rings (SSSR count). The summed E-state index contributed by atoms with van der Waals surface area (Å²) in [5.74, 6) is 0.255. The molecule has 0 N–H and O–H groups in total. The lowest BCUT2D eigenvalue weighted by Crippen LogP contribution is -1.97. The van der Waals surface area contributed by atoms with Crippen LogP contribution in [0.1, 0.15) is 69.3 Å². The molecule has 0 atom stereocenters. The molecule has 20 heavy (non-hydrogen) atoms. The number of carbonyl (C=O) groups excluding carboxylic acids is 1. The second-order valence-corrected chi connectivity index (χ2v) is 4.84. The van der Waals surface area contributed by atoms with E-state index in [1.54, 1.807) is 0 Å². The number of aryl methyl sites for hydroxylation is 1. The fourth-order valence-electron chi connectivity index (χ4n) is 1.69. The van der Waals surface area contributed by atoms with Crippen LogP contribution in [0.25, 0.3) is 0 Å². The first-order chi connectivity index (χ1) is 9.69. The number of hydrogen-bond acceptors (Lipinski definition) is 2. The van der Waals surface area contributed by atoms with Gasteiger partial charge in [-0.2, -0.15) is 0 Å². The first kappa shape index (κ1) is 18.9. The van der Waals surface area contributed by atoms with Gasteiger partial charge in [0.25, 0.3) is 0 Å². The number of benzene rings is 1. The van der Waals surface area contributed by atoms with Crippen molar-refractivity contribution < 1.29 is 9.53 Å². The summed E-state index contributed by atoms with van der Waals surface area (Å²) in [6.07, 6.45) is 4.89. The van der Waals surface area contributed by atoms with E-state index in [1.807, 2.05) is 31.2 Å². The van der Waals surface area contributed by atoms with Gasteiger partial charge in [-0.05, 0) is 31.2 Å². The predicted molar refractivity (Wildman–Crippen MR) is 86.5 cm³/mol. The van der Waals surface area contributed by atoms with Crippen molar-refractivity contribution >= 4 is 5.78 Å². The van der Waals surface area contributed by atoms with Crippen molar-refractivity contribution in [3.05, 3.63) is 35.4 Å². The molecule has 0 aliphatic carbocycles. The summed E-state index contributed by atoms with van der Waals surface area (Å²) >= 11 is 0. The van der Waals surface area contributed by atoms with E-state index in [0.717, 1.165) is 44.5 Å². The molecule has 0 bridgehead atoms. The minimum absolute atomic E-state index is 0.255. The lowest BCUT2D eigenvalue weighted by molar-refractivity contribution is 0.0981. The number of Topliss-reactive ketones (excluding diaryl/α,β-unsaturated/α-hetero) is 1. The van der Waals surface area contributed by atoms with Gasteiger partial charge in [0.2, 0.25) is 0 Å². The van der Waals surface area contributed by atoms with Crippen LogP contribution in [0.4, 0.5) is 0 Å². The molecule has 0 saturated carbocycles. The minimum Gasteiger partial charge on any atom is -0.381 e. The standard InChI is InChI=1S/C12H16O.C6H14O/c1-3-5-12(13)11-8-6-10(4-2)7-9-11;1-3-5-7-6-4-2/h6-9H,3-5H2,1-2H3;3-6H2,1-2H3. The first-order valence-corrected chi connectivity index (χ1v) is 7.89. The van der Waals surface area contributed by atoms with Crippen LogP contribution < -0.4 is 0 Å². The van der Waals surface area contributed by atoms with Gasteiger partial charge in [-0.1, -0.05) is 52.0 Å². The molecule has 0 fully saturated rings. The molecule has 0 aliphatic rings. The maximum absolute atomic E-state index is 11.4. The Bertz CT molecular complexity index is 337. The quantitative estimate of drug-likeness (QED) is 0.491. The zero-order valence-electron chi connectivity index (χ0n) is 13.6. The Hall–Kier alpha value is -1.15. The van der Waals surface area contributed by atoms with Gasteiger partial charge in [0.15, 0.2) is 5.78 Å². The molecule has 0 saturated heterocycles. The summed E-state index contributed by atoms with van der Waals surface area (Å²) in [5, 5.41) is 0. The van der Waals surface area contributed by atoms with Crippen LogP contribution in [0, 0.1) is 0 Å². The number of rotatable bonds is 8. The van der Waals surface area contributed by atoms with Crippen LogP contribution in [0.3, 0.4) is 0 Å². The molecule has 1 aromatic rings. The molecule has 0 aromatic heterocycles. The highest BCUT2D eigenvalue weighted by molar-refractivity contribution is 5.95. The van der Waals surface area contributed by atoms with E-state index in [1.165, 1.54) is 5.56 Å². The third-order valence-corrected chi connectivity index (χ3v) is 2.86. The Morgan fingerprint density at radius 2 is 1.45 bits per heavy atom. The minimum atomic E-state index is 0.255. The van der Waals surface area contributed by atoms with Crippen LogP contribution >= 0.6 is 0 Å².